The summed E-state index contributed by atoms with van der Waals surface area (Å²) in [4.78, 5) is 16.7. The summed E-state index contributed by atoms with van der Waals surface area (Å²) in [7, 11) is 0. The molecular weight excluding hydrogens is 204 g/mol. The zero-order valence-electron chi connectivity index (χ0n) is 9.40. The largest absolute Gasteiger partial charge is 0.368 e. The van der Waals surface area contributed by atoms with Gasteiger partial charge in [0, 0.05) is 12.7 Å². The molecule has 0 aliphatic heterocycles. The first kappa shape index (κ1) is 12.0. The lowest BCUT2D eigenvalue weighted by Gasteiger charge is -2.21. The number of nitrogens with two attached hydrogens (primary N) is 1. The number of rotatable bonds is 4. The van der Waals surface area contributed by atoms with Crippen LogP contribution in [0.3, 0.4) is 0 Å². The maximum atomic E-state index is 10.9. The molecule has 0 unspecified atom stereocenters. The third-order valence-electron chi connectivity index (χ3n) is 2.28. The van der Waals surface area contributed by atoms with Crippen LogP contribution < -0.4 is 10.6 Å². The Morgan fingerprint density at radius 3 is 2.88 bits per heavy atom. The summed E-state index contributed by atoms with van der Waals surface area (Å²) in [5.74, 6) is 0.0813. The van der Waals surface area contributed by atoms with E-state index < -0.39 is 5.91 Å². The van der Waals surface area contributed by atoms with Gasteiger partial charge in [-0.3, -0.25) is 4.79 Å². The molecule has 5 nitrogen and oxygen atoms in total. The molecule has 0 radical (unpaired) electrons. The van der Waals surface area contributed by atoms with Crippen molar-refractivity contribution in [2.24, 2.45) is 5.73 Å². The highest BCUT2D eigenvalue weighted by atomic mass is 16.1. The number of amides is 1. The van der Waals surface area contributed by atoms with E-state index in [9.17, 15) is 4.79 Å². The Labute approximate surface area is 94.5 Å². The van der Waals surface area contributed by atoms with Gasteiger partial charge in [0.25, 0.3) is 0 Å². The standard InChI is InChI=1S/C11H14N4O/c1-3-15(7-10(13)16)11-9(6-12)8(2)4-5-14-11/h4-5H,3,7H2,1-2H3,(H2,13,16). The normalized spacial score (nSPS) is 9.56. The summed E-state index contributed by atoms with van der Waals surface area (Å²) in [5, 5.41) is 9.04. The lowest BCUT2D eigenvalue weighted by Crippen LogP contribution is -2.34. The smallest absolute Gasteiger partial charge is 0.236 e. The van der Waals surface area contributed by atoms with E-state index in [0.717, 1.165) is 5.56 Å². The molecule has 0 aliphatic carbocycles. The van der Waals surface area contributed by atoms with Crippen molar-refractivity contribution in [2.45, 2.75) is 13.8 Å². The third-order valence-corrected chi connectivity index (χ3v) is 2.28. The summed E-state index contributed by atoms with van der Waals surface area (Å²) in [5.41, 5.74) is 6.48. The lowest BCUT2D eigenvalue weighted by atomic mass is 10.1. The molecule has 0 bridgehead atoms. The molecule has 0 aliphatic rings. The van der Waals surface area contributed by atoms with Crippen molar-refractivity contribution in [3.63, 3.8) is 0 Å². The van der Waals surface area contributed by atoms with Crippen LogP contribution in [0.2, 0.25) is 0 Å². The highest BCUT2D eigenvalue weighted by molar-refractivity contribution is 5.79. The number of hydrogen-bond donors (Lipinski definition) is 1. The third kappa shape index (κ3) is 2.48. The van der Waals surface area contributed by atoms with Crippen molar-refractivity contribution < 1.29 is 4.79 Å². The number of likely N-dealkylation sites (N-methyl/N-ethyl adjacent to an activating group) is 1. The molecule has 5 heteroatoms. The van der Waals surface area contributed by atoms with Crippen LogP contribution in [0.1, 0.15) is 18.1 Å². The van der Waals surface area contributed by atoms with E-state index in [0.29, 0.717) is 17.9 Å². The van der Waals surface area contributed by atoms with Crippen molar-refractivity contribution in [2.75, 3.05) is 18.0 Å². The molecule has 1 aromatic rings. The van der Waals surface area contributed by atoms with Crippen LogP contribution >= 0.6 is 0 Å². The zero-order chi connectivity index (χ0) is 12.1. The van der Waals surface area contributed by atoms with Gasteiger partial charge in [0.2, 0.25) is 5.91 Å². The molecule has 0 aromatic carbocycles. The quantitative estimate of drug-likeness (QED) is 0.801. The fraction of sp³-hybridized carbons (Fsp3) is 0.364. The summed E-state index contributed by atoms with van der Waals surface area (Å²) in [6.45, 7) is 4.37. The molecule has 0 fully saturated rings. The van der Waals surface area contributed by atoms with E-state index in [1.165, 1.54) is 0 Å². The van der Waals surface area contributed by atoms with Crippen molar-refractivity contribution in [3.8, 4) is 6.07 Å². The minimum atomic E-state index is -0.436. The second-order valence-electron chi connectivity index (χ2n) is 3.42. The van der Waals surface area contributed by atoms with Gasteiger partial charge in [-0.1, -0.05) is 0 Å². The van der Waals surface area contributed by atoms with Crippen molar-refractivity contribution in [1.82, 2.24) is 4.98 Å². The van der Waals surface area contributed by atoms with Crippen LogP contribution in [0.5, 0.6) is 0 Å². The van der Waals surface area contributed by atoms with Crippen LogP contribution in [0.15, 0.2) is 12.3 Å². The second kappa shape index (κ2) is 5.12. The molecule has 0 saturated carbocycles. The van der Waals surface area contributed by atoms with Crippen LogP contribution in [0, 0.1) is 18.3 Å². The van der Waals surface area contributed by atoms with E-state index >= 15 is 0 Å². The summed E-state index contributed by atoms with van der Waals surface area (Å²) in [6, 6.07) is 3.86. The number of aromatic nitrogens is 1. The van der Waals surface area contributed by atoms with Crippen LogP contribution in [-0.2, 0) is 4.79 Å². The topological polar surface area (TPSA) is 83.0 Å². The average molecular weight is 218 g/mol. The predicted molar refractivity (Wildman–Crippen MR) is 60.8 cm³/mol. The molecule has 84 valence electrons. The maximum absolute atomic E-state index is 10.9. The molecule has 0 spiro atoms. The zero-order valence-corrected chi connectivity index (χ0v) is 9.40. The molecule has 0 saturated heterocycles. The number of carbonyl (C=O) groups excluding carboxylic acids is 1. The Hall–Kier alpha value is -2.09. The number of nitriles is 1. The Balaban J connectivity index is 3.15. The minimum absolute atomic E-state index is 0.0711. The summed E-state index contributed by atoms with van der Waals surface area (Å²) in [6.07, 6.45) is 1.62. The highest BCUT2D eigenvalue weighted by Gasteiger charge is 2.14. The van der Waals surface area contributed by atoms with Crippen LogP contribution in [0.4, 0.5) is 5.82 Å². The molecule has 1 rings (SSSR count). The van der Waals surface area contributed by atoms with Gasteiger partial charge in [-0.25, -0.2) is 4.98 Å². The molecule has 1 amide bonds. The maximum Gasteiger partial charge on any atom is 0.236 e. The fourth-order valence-corrected chi connectivity index (χ4v) is 1.45. The molecule has 2 N–H and O–H groups in total. The summed E-state index contributed by atoms with van der Waals surface area (Å²) < 4.78 is 0. The van der Waals surface area contributed by atoms with Gasteiger partial charge in [0.05, 0.1) is 12.1 Å². The van der Waals surface area contributed by atoms with Gasteiger partial charge < -0.3 is 10.6 Å². The van der Waals surface area contributed by atoms with E-state index in [-0.39, 0.29) is 6.54 Å². The number of nitrogens with zero attached hydrogens (tertiary/aromatic N) is 3. The van der Waals surface area contributed by atoms with E-state index in [2.05, 4.69) is 11.1 Å². The van der Waals surface area contributed by atoms with Gasteiger partial charge >= 0.3 is 0 Å². The minimum Gasteiger partial charge on any atom is -0.368 e. The van der Waals surface area contributed by atoms with Crippen molar-refractivity contribution in [3.05, 3.63) is 23.4 Å². The number of anilines is 1. The van der Waals surface area contributed by atoms with Gasteiger partial charge in [-0.05, 0) is 25.5 Å². The van der Waals surface area contributed by atoms with Gasteiger partial charge in [0.1, 0.15) is 11.9 Å². The fourth-order valence-electron chi connectivity index (χ4n) is 1.45. The number of primary amides is 1. The summed E-state index contributed by atoms with van der Waals surface area (Å²) >= 11 is 0. The van der Waals surface area contributed by atoms with Gasteiger partial charge in [-0.2, -0.15) is 5.26 Å². The Morgan fingerprint density at radius 2 is 2.38 bits per heavy atom. The lowest BCUT2D eigenvalue weighted by molar-refractivity contribution is -0.116. The van der Waals surface area contributed by atoms with E-state index in [1.54, 1.807) is 17.2 Å². The SMILES string of the molecule is CCN(CC(N)=O)c1nccc(C)c1C#N. The first-order chi connectivity index (χ1) is 7.60. The molecule has 0 atom stereocenters. The van der Waals surface area contributed by atoms with Crippen molar-refractivity contribution in [1.29, 1.82) is 5.26 Å². The highest BCUT2D eigenvalue weighted by Crippen LogP contribution is 2.19. The molecule has 16 heavy (non-hydrogen) atoms. The number of carbonyl (C=O) groups is 1. The predicted octanol–water partition coefficient (Wildman–Crippen LogP) is 0.573. The Bertz CT molecular complexity index is 436. The number of pyridine rings is 1. The molecule has 1 aromatic heterocycles. The van der Waals surface area contributed by atoms with Crippen LogP contribution in [-0.4, -0.2) is 24.0 Å². The van der Waals surface area contributed by atoms with E-state index in [1.807, 2.05) is 13.8 Å². The van der Waals surface area contributed by atoms with Crippen LogP contribution in [0.25, 0.3) is 0 Å². The Kier molecular flexibility index (Phi) is 3.84. The first-order valence-corrected chi connectivity index (χ1v) is 4.99. The number of hydrogen-bond acceptors (Lipinski definition) is 4. The van der Waals surface area contributed by atoms with Gasteiger partial charge in [-0.15, -0.1) is 0 Å². The average Bonchev–Trinajstić information content (AvgIpc) is 2.25. The Morgan fingerprint density at radius 1 is 1.69 bits per heavy atom. The van der Waals surface area contributed by atoms with Crippen molar-refractivity contribution >= 4 is 11.7 Å². The first-order valence-electron chi connectivity index (χ1n) is 4.99. The van der Waals surface area contributed by atoms with E-state index in [4.69, 9.17) is 11.0 Å². The molecular formula is C11H14N4O. The van der Waals surface area contributed by atoms with Gasteiger partial charge in [0.15, 0.2) is 0 Å². The second-order valence-corrected chi connectivity index (χ2v) is 3.42. The monoisotopic (exact) mass is 218 g/mol. The number of aryl methyl sites for hydroxylation is 1. The molecule has 1 heterocycles.